The highest BCUT2D eigenvalue weighted by Gasteiger charge is 2.36. The standard InChI is InChI=1S/C28H24BrIN2O6S/c1-3-37-21-10-8-20(9-11-21)31-25(33)15-32-27(34)24(39-28(32)35)14-18-12-22(30)26(23(13-18)36-2)38-16-17-4-6-19(29)7-5-17/h4-14H,3,15-16H2,1-2H3,(H,31,33)/b24-14+. The lowest BCUT2D eigenvalue weighted by molar-refractivity contribution is -0.127. The molecule has 3 aromatic carbocycles. The van der Waals surface area contributed by atoms with E-state index in [9.17, 15) is 14.4 Å². The fourth-order valence-corrected chi connectivity index (χ4v) is 5.52. The molecule has 1 heterocycles. The van der Waals surface area contributed by atoms with Crippen LogP contribution in [0.4, 0.5) is 10.5 Å². The van der Waals surface area contributed by atoms with E-state index >= 15 is 0 Å². The van der Waals surface area contributed by atoms with E-state index in [-0.39, 0.29) is 11.4 Å². The van der Waals surface area contributed by atoms with Gasteiger partial charge >= 0.3 is 0 Å². The highest BCUT2D eigenvalue weighted by molar-refractivity contribution is 14.1. The minimum atomic E-state index is -0.531. The van der Waals surface area contributed by atoms with Crippen molar-refractivity contribution in [2.45, 2.75) is 13.5 Å². The Morgan fingerprint density at radius 1 is 1.08 bits per heavy atom. The van der Waals surface area contributed by atoms with Gasteiger partial charge in [0.1, 0.15) is 18.9 Å². The molecule has 1 aliphatic heterocycles. The summed E-state index contributed by atoms with van der Waals surface area (Å²) in [4.78, 5) is 39.2. The van der Waals surface area contributed by atoms with Crippen molar-refractivity contribution in [3.63, 3.8) is 0 Å². The third-order valence-corrected chi connectivity index (χ3v) is 7.71. The Morgan fingerprint density at radius 2 is 1.79 bits per heavy atom. The number of benzene rings is 3. The predicted molar refractivity (Wildman–Crippen MR) is 163 cm³/mol. The third kappa shape index (κ3) is 7.55. The molecule has 3 amide bonds. The highest BCUT2D eigenvalue weighted by atomic mass is 127. The maximum Gasteiger partial charge on any atom is 0.294 e. The van der Waals surface area contributed by atoms with Crippen molar-refractivity contribution in [3.05, 3.63) is 84.7 Å². The predicted octanol–water partition coefficient (Wildman–Crippen LogP) is 6.72. The topological polar surface area (TPSA) is 94.2 Å². The molecule has 11 heteroatoms. The van der Waals surface area contributed by atoms with Crippen LogP contribution in [0.15, 0.2) is 70.0 Å². The van der Waals surface area contributed by atoms with Gasteiger partial charge in [0.15, 0.2) is 11.5 Å². The molecular formula is C28H24BrIN2O6S. The Morgan fingerprint density at radius 3 is 2.46 bits per heavy atom. The zero-order chi connectivity index (χ0) is 27.9. The highest BCUT2D eigenvalue weighted by Crippen LogP contribution is 2.37. The fourth-order valence-electron chi connectivity index (χ4n) is 3.63. The number of rotatable bonds is 10. The molecule has 8 nitrogen and oxygen atoms in total. The van der Waals surface area contributed by atoms with Crippen LogP contribution in [0.5, 0.6) is 17.2 Å². The van der Waals surface area contributed by atoms with Crippen LogP contribution in [0.1, 0.15) is 18.1 Å². The zero-order valence-electron chi connectivity index (χ0n) is 21.0. The van der Waals surface area contributed by atoms with Crippen molar-refractivity contribution in [3.8, 4) is 17.2 Å². The number of methoxy groups -OCH3 is 1. The van der Waals surface area contributed by atoms with Gasteiger partial charge in [0.2, 0.25) is 5.91 Å². The lowest BCUT2D eigenvalue weighted by Gasteiger charge is -2.14. The van der Waals surface area contributed by atoms with E-state index in [0.717, 1.165) is 30.3 Å². The van der Waals surface area contributed by atoms with Gasteiger partial charge in [0, 0.05) is 10.2 Å². The summed E-state index contributed by atoms with van der Waals surface area (Å²) in [7, 11) is 1.54. The molecule has 1 N–H and O–H groups in total. The number of hydrogen-bond donors (Lipinski definition) is 1. The minimum absolute atomic E-state index is 0.218. The molecule has 0 bridgehead atoms. The second kappa shape index (κ2) is 13.4. The summed E-state index contributed by atoms with van der Waals surface area (Å²) in [5.41, 5.74) is 2.20. The summed E-state index contributed by atoms with van der Waals surface area (Å²) in [5, 5.41) is 2.19. The number of carbonyl (C=O) groups excluding carboxylic acids is 3. The molecule has 4 rings (SSSR count). The molecule has 0 unspecified atom stereocenters. The Bertz CT molecular complexity index is 1410. The molecule has 202 valence electrons. The zero-order valence-corrected chi connectivity index (χ0v) is 25.6. The van der Waals surface area contributed by atoms with Gasteiger partial charge in [-0.05, 0) is 107 Å². The monoisotopic (exact) mass is 722 g/mol. The Labute approximate surface area is 252 Å². The molecule has 1 saturated heterocycles. The van der Waals surface area contributed by atoms with Gasteiger partial charge in [-0.1, -0.05) is 28.1 Å². The van der Waals surface area contributed by atoms with Crippen LogP contribution in [0.3, 0.4) is 0 Å². The molecular weight excluding hydrogens is 699 g/mol. The van der Waals surface area contributed by atoms with Crippen LogP contribution in [-0.2, 0) is 16.2 Å². The first kappa shape index (κ1) is 29.0. The maximum atomic E-state index is 13.0. The smallest absolute Gasteiger partial charge is 0.294 e. The number of halogens is 2. The van der Waals surface area contributed by atoms with Crippen molar-refractivity contribution in [1.82, 2.24) is 4.90 Å². The summed E-state index contributed by atoms with van der Waals surface area (Å²) in [6.07, 6.45) is 1.61. The summed E-state index contributed by atoms with van der Waals surface area (Å²) in [6.45, 7) is 2.39. The van der Waals surface area contributed by atoms with E-state index in [1.54, 1.807) is 43.5 Å². The number of ether oxygens (including phenoxy) is 3. The van der Waals surface area contributed by atoms with Crippen molar-refractivity contribution in [2.75, 3.05) is 25.6 Å². The van der Waals surface area contributed by atoms with Crippen LogP contribution >= 0.6 is 50.3 Å². The van der Waals surface area contributed by atoms with E-state index in [1.165, 1.54) is 0 Å². The normalized spacial score (nSPS) is 14.1. The molecule has 1 aliphatic rings. The van der Waals surface area contributed by atoms with E-state index in [2.05, 4.69) is 43.8 Å². The van der Waals surface area contributed by atoms with Crippen LogP contribution in [0, 0.1) is 3.57 Å². The maximum absolute atomic E-state index is 13.0. The summed E-state index contributed by atoms with van der Waals surface area (Å²) in [5.74, 6) is 0.751. The Kier molecular flexibility index (Phi) is 9.92. The fraction of sp³-hybridized carbons (Fsp3) is 0.179. The van der Waals surface area contributed by atoms with Gasteiger partial charge in [0.25, 0.3) is 11.1 Å². The molecule has 3 aromatic rings. The van der Waals surface area contributed by atoms with Gasteiger partial charge in [0.05, 0.1) is 22.2 Å². The molecule has 0 atom stereocenters. The summed E-state index contributed by atoms with van der Waals surface area (Å²) >= 11 is 6.35. The summed E-state index contributed by atoms with van der Waals surface area (Å²) in [6, 6.07) is 18.2. The van der Waals surface area contributed by atoms with Gasteiger partial charge in [-0.15, -0.1) is 0 Å². The van der Waals surface area contributed by atoms with Crippen LogP contribution in [0.25, 0.3) is 6.08 Å². The van der Waals surface area contributed by atoms with Gasteiger partial charge < -0.3 is 19.5 Å². The SMILES string of the molecule is CCOc1ccc(NC(=O)CN2C(=O)S/C(=C/c3cc(I)c(OCc4ccc(Br)cc4)c(OC)c3)C2=O)cc1. The molecule has 39 heavy (non-hydrogen) atoms. The minimum Gasteiger partial charge on any atom is -0.494 e. The lowest BCUT2D eigenvalue weighted by atomic mass is 10.1. The Hall–Kier alpha value is -3.03. The molecule has 0 radical (unpaired) electrons. The van der Waals surface area contributed by atoms with Gasteiger partial charge in [-0.25, -0.2) is 0 Å². The summed E-state index contributed by atoms with van der Waals surface area (Å²) < 4.78 is 18.7. The number of hydrogen-bond acceptors (Lipinski definition) is 7. The van der Waals surface area contributed by atoms with E-state index in [0.29, 0.717) is 41.7 Å². The van der Waals surface area contributed by atoms with Crippen LogP contribution < -0.4 is 19.5 Å². The third-order valence-electron chi connectivity index (χ3n) is 5.47. The Balaban J connectivity index is 1.43. The quantitative estimate of drug-likeness (QED) is 0.184. The average Bonchev–Trinajstić information content (AvgIpc) is 3.17. The number of thioether (sulfide) groups is 1. The van der Waals surface area contributed by atoms with Crippen molar-refractivity contribution in [2.24, 2.45) is 0 Å². The van der Waals surface area contributed by atoms with Gasteiger partial charge in [-0.2, -0.15) is 0 Å². The average molecular weight is 723 g/mol. The van der Waals surface area contributed by atoms with Gasteiger partial charge in [-0.3, -0.25) is 19.3 Å². The number of nitrogens with one attached hydrogen (secondary N) is 1. The number of imide groups is 1. The van der Waals surface area contributed by atoms with E-state index < -0.39 is 17.1 Å². The number of nitrogens with zero attached hydrogens (tertiary/aromatic N) is 1. The molecule has 0 aromatic heterocycles. The van der Waals surface area contributed by atoms with Crippen LogP contribution in [0.2, 0.25) is 0 Å². The number of carbonyl (C=O) groups is 3. The first-order valence-electron chi connectivity index (χ1n) is 11.8. The second-order valence-corrected chi connectivity index (χ2v) is 11.3. The van der Waals surface area contributed by atoms with Crippen molar-refractivity contribution < 1.29 is 28.6 Å². The molecule has 0 saturated carbocycles. The first-order chi connectivity index (χ1) is 18.8. The van der Waals surface area contributed by atoms with E-state index in [1.807, 2.05) is 37.3 Å². The van der Waals surface area contributed by atoms with E-state index in [4.69, 9.17) is 14.2 Å². The second-order valence-electron chi connectivity index (χ2n) is 8.22. The lowest BCUT2D eigenvalue weighted by Crippen LogP contribution is -2.36. The number of amides is 3. The number of anilines is 1. The molecule has 0 spiro atoms. The first-order valence-corrected chi connectivity index (χ1v) is 14.5. The van der Waals surface area contributed by atoms with Crippen molar-refractivity contribution in [1.29, 1.82) is 0 Å². The molecule has 1 fully saturated rings. The van der Waals surface area contributed by atoms with Crippen molar-refractivity contribution >= 4 is 79.1 Å². The largest absolute Gasteiger partial charge is 0.494 e. The molecule has 0 aliphatic carbocycles. The van der Waals surface area contributed by atoms with Crippen LogP contribution in [-0.4, -0.2) is 42.2 Å².